The van der Waals surface area contributed by atoms with Crippen molar-refractivity contribution >= 4 is 17.2 Å². The van der Waals surface area contributed by atoms with E-state index in [4.69, 9.17) is 22.7 Å². The highest BCUT2D eigenvalue weighted by Crippen LogP contribution is 2.22. The second-order valence-corrected chi connectivity index (χ2v) is 5.03. The number of ether oxygens (including phenoxy) is 1. The van der Waals surface area contributed by atoms with Gasteiger partial charge in [-0.25, -0.2) is 0 Å². The molecule has 1 aromatic heterocycles. The maximum Gasteiger partial charge on any atom is 0.131 e. The van der Waals surface area contributed by atoms with Gasteiger partial charge in [-0.2, -0.15) is 0 Å². The number of hydrogen-bond donors (Lipinski definition) is 1. The number of aryl methyl sites for hydroxylation is 1. The van der Waals surface area contributed by atoms with E-state index in [0.29, 0.717) is 11.4 Å². The average Bonchev–Trinajstić information content (AvgIpc) is 2.47. The van der Waals surface area contributed by atoms with Crippen LogP contribution in [0.1, 0.15) is 31.0 Å². The average molecular weight is 286 g/mol. The van der Waals surface area contributed by atoms with Gasteiger partial charge in [-0.1, -0.05) is 37.7 Å². The lowest BCUT2D eigenvalue weighted by Gasteiger charge is -2.07. The molecule has 0 spiro atoms. The molecule has 0 atom stereocenters. The maximum atomic E-state index is 5.77. The molecule has 0 saturated carbocycles. The van der Waals surface area contributed by atoms with Crippen molar-refractivity contribution in [2.45, 2.75) is 26.2 Å². The van der Waals surface area contributed by atoms with Crippen LogP contribution in [0.3, 0.4) is 0 Å². The first-order chi connectivity index (χ1) is 9.69. The second-order valence-electron chi connectivity index (χ2n) is 4.59. The summed E-state index contributed by atoms with van der Waals surface area (Å²) in [6, 6.07) is 11.7. The standard InChI is InChI=1S/C16H18N2OS/c1-2-3-4-12-5-7-13(8-6-12)19-14-9-10-18-15(11-14)16(17)20/h5-11H,2-4H2,1H3,(H2,17,20). The van der Waals surface area contributed by atoms with Crippen LogP contribution in [0.5, 0.6) is 11.5 Å². The summed E-state index contributed by atoms with van der Waals surface area (Å²) in [5.41, 5.74) is 7.45. The van der Waals surface area contributed by atoms with Gasteiger partial charge in [-0.3, -0.25) is 4.98 Å². The predicted octanol–water partition coefficient (Wildman–Crippen LogP) is 3.85. The number of benzene rings is 1. The third kappa shape index (κ3) is 4.03. The van der Waals surface area contributed by atoms with Gasteiger partial charge < -0.3 is 10.5 Å². The molecule has 0 aliphatic rings. The Morgan fingerprint density at radius 2 is 1.95 bits per heavy atom. The lowest BCUT2D eigenvalue weighted by Crippen LogP contribution is -2.11. The lowest BCUT2D eigenvalue weighted by atomic mass is 10.1. The molecule has 0 saturated heterocycles. The minimum Gasteiger partial charge on any atom is -0.457 e. The molecule has 0 aliphatic heterocycles. The summed E-state index contributed by atoms with van der Waals surface area (Å²) in [5, 5.41) is 0. The fourth-order valence-electron chi connectivity index (χ4n) is 1.85. The zero-order valence-electron chi connectivity index (χ0n) is 11.5. The van der Waals surface area contributed by atoms with Gasteiger partial charge >= 0.3 is 0 Å². The monoisotopic (exact) mass is 286 g/mol. The molecule has 3 nitrogen and oxygen atoms in total. The SMILES string of the molecule is CCCCc1ccc(Oc2ccnc(C(N)=S)c2)cc1. The molecule has 0 fully saturated rings. The normalized spacial score (nSPS) is 10.2. The molecule has 0 radical (unpaired) electrons. The van der Waals surface area contributed by atoms with Crippen LogP contribution < -0.4 is 10.5 Å². The van der Waals surface area contributed by atoms with Gasteiger partial charge in [-0.15, -0.1) is 0 Å². The maximum absolute atomic E-state index is 5.77. The topological polar surface area (TPSA) is 48.1 Å². The molecule has 0 bridgehead atoms. The largest absolute Gasteiger partial charge is 0.457 e. The molecule has 4 heteroatoms. The minimum absolute atomic E-state index is 0.269. The number of pyridine rings is 1. The van der Waals surface area contributed by atoms with Crippen LogP contribution in [0.4, 0.5) is 0 Å². The van der Waals surface area contributed by atoms with Crippen molar-refractivity contribution in [1.29, 1.82) is 0 Å². The van der Waals surface area contributed by atoms with Crippen molar-refractivity contribution in [2.75, 3.05) is 0 Å². The number of unbranched alkanes of at least 4 members (excludes halogenated alkanes) is 1. The third-order valence-electron chi connectivity index (χ3n) is 2.96. The molecule has 2 aromatic rings. The Kier molecular flexibility index (Phi) is 5.07. The van der Waals surface area contributed by atoms with E-state index >= 15 is 0 Å². The molecular weight excluding hydrogens is 268 g/mol. The van der Waals surface area contributed by atoms with Crippen molar-refractivity contribution in [1.82, 2.24) is 4.98 Å². The van der Waals surface area contributed by atoms with Crippen molar-refractivity contribution in [3.8, 4) is 11.5 Å². The van der Waals surface area contributed by atoms with Gasteiger partial charge in [-0.05, 0) is 36.6 Å². The molecule has 2 rings (SSSR count). The first kappa shape index (κ1) is 14.5. The molecule has 0 amide bonds. The first-order valence-corrected chi connectivity index (χ1v) is 7.12. The van der Waals surface area contributed by atoms with Gasteiger partial charge in [0, 0.05) is 12.3 Å². The highest BCUT2D eigenvalue weighted by molar-refractivity contribution is 7.80. The quantitative estimate of drug-likeness (QED) is 0.819. The molecule has 20 heavy (non-hydrogen) atoms. The molecule has 0 unspecified atom stereocenters. The number of rotatable bonds is 6. The Morgan fingerprint density at radius 1 is 1.20 bits per heavy atom. The van der Waals surface area contributed by atoms with E-state index in [9.17, 15) is 0 Å². The summed E-state index contributed by atoms with van der Waals surface area (Å²) < 4.78 is 5.77. The molecular formula is C16H18N2OS. The summed E-state index contributed by atoms with van der Waals surface area (Å²) >= 11 is 4.90. The van der Waals surface area contributed by atoms with Crippen LogP contribution in [0.25, 0.3) is 0 Å². The summed E-state index contributed by atoms with van der Waals surface area (Å²) in [5.74, 6) is 1.48. The van der Waals surface area contributed by atoms with Crippen molar-refractivity contribution in [2.24, 2.45) is 5.73 Å². The zero-order valence-corrected chi connectivity index (χ0v) is 12.3. The van der Waals surface area contributed by atoms with Crippen molar-refractivity contribution < 1.29 is 4.74 Å². The van der Waals surface area contributed by atoms with E-state index in [1.165, 1.54) is 18.4 Å². The number of aromatic nitrogens is 1. The van der Waals surface area contributed by atoms with E-state index in [2.05, 4.69) is 24.0 Å². The van der Waals surface area contributed by atoms with Crippen molar-refractivity contribution in [3.05, 3.63) is 53.9 Å². The van der Waals surface area contributed by atoms with Gasteiger partial charge in [0.2, 0.25) is 0 Å². The van der Waals surface area contributed by atoms with Crippen molar-refractivity contribution in [3.63, 3.8) is 0 Å². The summed E-state index contributed by atoms with van der Waals surface area (Å²) in [6.45, 7) is 2.19. The van der Waals surface area contributed by atoms with E-state index in [0.717, 1.165) is 12.2 Å². The van der Waals surface area contributed by atoms with Crippen LogP contribution >= 0.6 is 12.2 Å². The molecule has 1 aromatic carbocycles. The fraction of sp³-hybridized carbons (Fsp3) is 0.250. The van der Waals surface area contributed by atoms with Gasteiger partial charge in [0.25, 0.3) is 0 Å². The van der Waals surface area contributed by atoms with Crippen LogP contribution in [0, 0.1) is 0 Å². The highest BCUT2D eigenvalue weighted by Gasteiger charge is 2.02. The Labute approximate surface area is 124 Å². The van der Waals surface area contributed by atoms with Crippen LogP contribution in [-0.2, 0) is 6.42 Å². The highest BCUT2D eigenvalue weighted by atomic mass is 32.1. The summed E-state index contributed by atoms with van der Waals surface area (Å²) in [7, 11) is 0. The minimum atomic E-state index is 0.269. The van der Waals surface area contributed by atoms with Gasteiger partial charge in [0.15, 0.2) is 0 Å². The summed E-state index contributed by atoms with van der Waals surface area (Å²) in [4.78, 5) is 4.35. The lowest BCUT2D eigenvalue weighted by molar-refractivity contribution is 0.481. The predicted molar refractivity (Wildman–Crippen MR) is 85.3 cm³/mol. The molecule has 0 aliphatic carbocycles. The first-order valence-electron chi connectivity index (χ1n) is 6.71. The number of hydrogen-bond acceptors (Lipinski definition) is 3. The van der Waals surface area contributed by atoms with Gasteiger partial charge in [0.1, 0.15) is 22.2 Å². The van der Waals surface area contributed by atoms with E-state index in [1.54, 1.807) is 18.3 Å². The smallest absolute Gasteiger partial charge is 0.131 e. The van der Waals surface area contributed by atoms with Crippen LogP contribution in [0.15, 0.2) is 42.6 Å². The Morgan fingerprint density at radius 3 is 2.60 bits per heavy atom. The number of nitrogens with zero attached hydrogens (tertiary/aromatic N) is 1. The van der Waals surface area contributed by atoms with Crippen LogP contribution in [0.2, 0.25) is 0 Å². The number of thiocarbonyl (C=S) groups is 1. The molecule has 104 valence electrons. The summed E-state index contributed by atoms with van der Waals surface area (Å²) in [6.07, 6.45) is 5.16. The van der Waals surface area contributed by atoms with Crippen LogP contribution in [-0.4, -0.2) is 9.97 Å². The molecule has 2 N–H and O–H groups in total. The number of nitrogens with two attached hydrogens (primary N) is 1. The van der Waals surface area contributed by atoms with E-state index in [1.807, 2.05) is 12.1 Å². The Balaban J connectivity index is 2.06. The fourth-order valence-corrected chi connectivity index (χ4v) is 1.96. The Bertz CT molecular complexity index is 581. The third-order valence-corrected chi connectivity index (χ3v) is 3.17. The zero-order chi connectivity index (χ0) is 14.4. The molecule has 1 heterocycles. The van der Waals surface area contributed by atoms with E-state index < -0.39 is 0 Å². The van der Waals surface area contributed by atoms with Gasteiger partial charge in [0.05, 0.1) is 0 Å². The Hall–Kier alpha value is -1.94. The second kappa shape index (κ2) is 7.01. The van der Waals surface area contributed by atoms with E-state index in [-0.39, 0.29) is 4.99 Å².